The van der Waals surface area contributed by atoms with Gasteiger partial charge in [-0.1, -0.05) is 36.4 Å². The standard InChI is InChI=1S/C24H24N2O3/c1-16(2)29-21-14-13-17(15-22(21)28-3)23-25-20-12-8-7-11-19(20)24(27)26(23)18-9-5-4-6-10-18/h4-16,23,25H,1-3H3. The molecule has 0 spiro atoms. The van der Waals surface area contributed by atoms with Crippen LogP contribution in [0.25, 0.3) is 0 Å². The molecule has 29 heavy (non-hydrogen) atoms. The molecule has 3 aromatic carbocycles. The van der Waals surface area contributed by atoms with Crippen molar-refractivity contribution in [3.8, 4) is 11.5 Å². The smallest absolute Gasteiger partial charge is 0.262 e. The van der Waals surface area contributed by atoms with Crippen LogP contribution in [0.5, 0.6) is 11.5 Å². The highest BCUT2D eigenvalue weighted by Gasteiger charge is 2.34. The molecule has 4 rings (SSSR count). The zero-order valence-corrected chi connectivity index (χ0v) is 16.8. The van der Waals surface area contributed by atoms with Gasteiger partial charge in [0.1, 0.15) is 6.17 Å². The van der Waals surface area contributed by atoms with E-state index in [0.717, 1.165) is 16.9 Å². The fraction of sp³-hybridized carbons (Fsp3) is 0.208. The molecule has 1 heterocycles. The Hall–Kier alpha value is -3.47. The summed E-state index contributed by atoms with van der Waals surface area (Å²) in [4.78, 5) is 15.2. The molecule has 1 N–H and O–H groups in total. The zero-order chi connectivity index (χ0) is 20.4. The van der Waals surface area contributed by atoms with E-state index in [0.29, 0.717) is 17.1 Å². The second-order valence-electron chi connectivity index (χ2n) is 7.18. The van der Waals surface area contributed by atoms with E-state index in [4.69, 9.17) is 9.47 Å². The van der Waals surface area contributed by atoms with Gasteiger partial charge in [-0.15, -0.1) is 0 Å². The van der Waals surface area contributed by atoms with Gasteiger partial charge in [-0.2, -0.15) is 0 Å². The predicted molar refractivity (Wildman–Crippen MR) is 115 cm³/mol. The molecule has 1 atom stereocenters. The number of anilines is 2. The van der Waals surface area contributed by atoms with Crippen molar-refractivity contribution in [2.45, 2.75) is 26.1 Å². The summed E-state index contributed by atoms with van der Waals surface area (Å²) in [6.45, 7) is 3.95. The highest BCUT2D eigenvalue weighted by atomic mass is 16.5. The van der Waals surface area contributed by atoms with Gasteiger partial charge in [0.2, 0.25) is 0 Å². The van der Waals surface area contributed by atoms with Gasteiger partial charge in [-0.25, -0.2) is 0 Å². The maximum atomic E-state index is 13.4. The largest absolute Gasteiger partial charge is 0.493 e. The lowest BCUT2D eigenvalue weighted by atomic mass is 10.0. The third kappa shape index (κ3) is 3.63. The molecule has 0 radical (unpaired) electrons. The minimum absolute atomic E-state index is 0.0387. The normalized spacial score (nSPS) is 15.7. The van der Waals surface area contributed by atoms with Crippen LogP contribution in [0, 0.1) is 0 Å². The summed E-state index contributed by atoms with van der Waals surface area (Å²) in [7, 11) is 1.62. The van der Waals surface area contributed by atoms with E-state index >= 15 is 0 Å². The number of methoxy groups -OCH3 is 1. The van der Waals surface area contributed by atoms with E-state index < -0.39 is 0 Å². The summed E-state index contributed by atoms with van der Waals surface area (Å²) in [5.74, 6) is 1.27. The van der Waals surface area contributed by atoms with Crippen LogP contribution in [-0.2, 0) is 0 Å². The van der Waals surface area contributed by atoms with E-state index in [-0.39, 0.29) is 18.2 Å². The third-order valence-electron chi connectivity index (χ3n) is 4.83. The first-order valence-corrected chi connectivity index (χ1v) is 9.67. The average Bonchev–Trinajstić information content (AvgIpc) is 2.74. The molecule has 0 bridgehead atoms. The molecule has 0 saturated carbocycles. The van der Waals surface area contributed by atoms with Crippen LogP contribution in [0.2, 0.25) is 0 Å². The van der Waals surface area contributed by atoms with Gasteiger partial charge in [0.25, 0.3) is 5.91 Å². The van der Waals surface area contributed by atoms with E-state index in [1.165, 1.54) is 0 Å². The number of rotatable bonds is 5. The monoisotopic (exact) mass is 388 g/mol. The first-order valence-electron chi connectivity index (χ1n) is 9.67. The van der Waals surface area contributed by atoms with Crippen LogP contribution >= 0.6 is 0 Å². The molecule has 1 aliphatic rings. The number of fused-ring (bicyclic) bond motifs is 1. The topological polar surface area (TPSA) is 50.8 Å². The number of nitrogens with one attached hydrogen (secondary N) is 1. The summed E-state index contributed by atoms with van der Waals surface area (Å²) in [5, 5.41) is 3.51. The van der Waals surface area contributed by atoms with Crippen LogP contribution < -0.4 is 19.7 Å². The van der Waals surface area contributed by atoms with Crippen molar-refractivity contribution >= 4 is 17.3 Å². The Morgan fingerprint density at radius 2 is 1.66 bits per heavy atom. The fourth-order valence-corrected chi connectivity index (χ4v) is 3.55. The van der Waals surface area contributed by atoms with Gasteiger partial charge < -0.3 is 14.8 Å². The van der Waals surface area contributed by atoms with E-state index in [9.17, 15) is 4.79 Å². The van der Waals surface area contributed by atoms with Gasteiger partial charge in [0.15, 0.2) is 11.5 Å². The number of ether oxygens (including phenoxy) is 2. The number of carbonyl (C=O) groups excluding carboxylic acids is 1. The molecule has 1 unspecified atom stereocenters. The molecule has 3 aromatic rings. The average molecular weight is 388 g/mol. The number of amides is 1. The molecule has 0 saturated heterocycles. The molecule has 1 amide bonds. The van der Waals surface area contributed by atoms with Crippen molar-refractivity contribution in [2.24, 2.45) is 0 Å². The Kier molecular flexibility index (Phi) is 5.12. The summed E-state index contributed by atoms with van der Waals surface area (Å²) in [6, 6.07) is 23.0. The first kappa shape index (κ1) is 18.9. The van der Waals surface area contributed by atoms with E-state index in [1.54, 1.807) is 12.0 Å². The van der Waals surface area contributed by atoms with Crippen LogP contribution in [0.3, 0.4) is 0 Å². The highest BCUT2D eigenvalue weighted by molar-refractivity contribution is 6.12. The lowest BCUT2D eigenvalue weighted by Crippen LogP contribution is -2.43. The molecule has 0 aromatic heterocycles. The molecule has 0 aliphatic carbocycles. The van der Waals surface area contributed by atoms with Gasteiger partial charge in [-0.05, 0) is 55.8 Å². The Labute approximate surface area is 170 Å². The maximum Gasteiger partial charge on any atom is 0.262 e. The summed E-state index contributed by atoms with van der Waals surface area (Å²) in [5.41, 5.74) is 3.20. The van der Waals surface area contributed by atoms with Crippen LogP contribution in [0.15, 0.2) is 72.8 Å². The Morgan fingerprint density at radius 3 is 2.38 bits per heavy atom. The number of nitrogens with zero attached hydrogens (tertiary/aromatic N) is 1. The highest BCUT2D eigenvalue weighted by Crippen LogP contribution is 2.39. The molecular weight excluding hydrogens is 364 g/mol. The molecule has 5 nitrogen and oxygen atoms in total. The number of hydrogen-bond acceptors (Lipinski definition) is 4. The summed E-state index contributed by atoms with van der Waals surface area (Å²) >= 11 is 0. The minimum atomic E-state index is -0.373. The van der Waals surface area contributed by atoms with Crippen LogP contribution in [0.1, 0.15) is 35.9 Å². The lowest BCUT2D eigenvalue weighted by Gasteiger charge is -2.38. The molecule has 5 heteroatoms. The van der Waals surface area contributed by atoms with Crippen LogP contribution in [-0.4, -0.2) is 19.1 Å². The second kappa shape index (κ2) is 7.87. The Morgan fingerprint density at radius 1 is 0.931 bits per heavy atom. The van der Waals surface area contributed by atoms with Gasteiger partial charge in [0.05, 0.1) is 18.8 Å². The Bertz CT molecular complexity index is 1020. The van der Waals surface area contributed by atoms with Gasteiger partial charge >= 0.3 is 0 Å². The van der Waals surface area contributed by atoms with Crippen LogP contribution in [0.4, 0.5) is 11.4 Å². The van der Waals surface area contributed by atoms with Crippen molar-refractivity contribution in [1.82, 2.24) is 0 Å². The fourth-order valence-electron chi connectivity index (χ4n) is 3.55. The number of benzene rings is 3. The number of para-hydroxylation sites is 2. The predicted octanol–water partition coefficient (Wildman–Crippen LogP) is 5.25. The van der Waals surface area contributed by atoms with Crippen molar-refractivity contribution in [3.05, 3.63) is 83.9 Å². The molecule has 1 aliphatic heterocycles. The van der Waals surface area contributed by atoms with E-state index in [1.807, 2.05) is 86.6 Å². The van der Waals surface area contributed by atoms with Crippen molar-refractivity contribution in [1.29, 1.82) is 0 Å². The minimum Gasteiger partial charge on any atom is -0.493 e. The molecule has 0 fully saturated rings. The SMILES string of the molecule is COc1cc(C2Nc3ccccc3C(=O)N2c2ccccc2)ccc1OC(C)C. The van der Waals surface area contributed by atoms with Crippen molar-refractivity contribution < 1.29 is 14.3 Å². The van der Waals surface area contributed by atoms with E-state index in [2.05, 4.69) is 5.32 Å². The van der Waals surface area contributed by atoms with Crippen molar-refractivity contribution in [2.75, 3.05) is 17.3 Å². The Balaban J connectivity index is 1.81. The third-order valence-corrected chi connectivity index (χ3v) is 4.83. The first-order chi connectivity index (χ1) is 14.1. The van der Waals surface area contributed by atoms with Gasteiger partial charge in [-0.3, -0.25) is 9.69 Å². The maximum absolute atomic E-state index is 13.4. The van der Waals surface area contributed by atoms with Gasteiger partial charge in [0, 0.05) is 11.4 Å². The molecule has 148 valence electrons. The lowest BCUT2D eigenvalue weighted by molar-refractivity contribution is 0.0975. The zero-order valence-electron chi connectivity index (χ0n) is 16.8. The second-order valence-corrected chi connectivity index (χ2v) is 7.18. The summed E-state index contributed by atoms with van der Waals surface area (Å²) < 4.78 is 11.4. The molecular formula is C24H24N2O3. The number of carbonyl (C=O) groups is 1. The number of hydrogen-bond donors (Lipinski definition) is 1. The summed E-state index contributed by atoms with van der Waals surface area (Å²) in [6.07, 6.45) is -0.335. The quantitative estimate of drug-likeness (QED) is 0.648. The van der Waals surface area contributed by atoms with Crippen molar-refractivity contribution in [3.63, 3.8) is 0 Å².